The summed E-state index contributed by atoms with van der Waals surface area (Å²) in [6, 6.07) is 6.23. The normalized spacial score (nSPS) is 14.8. The zero-order valence-corrected chi connectivity index (χ0v) is 11.9. The van der Waals surface area contributed by atoms with Crippen molar-refractivity contribution in [3.63, 3.8) is 0 Å². The van der Waals surface area contributed by atoms with Crippen molar-refractivity contribution >= 4 is 21.7 Å². The van der Waals surface area contributed by atoms with Crippen molar-refractivity contribution in [2.75, 3.05) is 10.8 Å². The minimum Gasteiger partial charge on any atom is -0.478 e. The van der Waals surface area contributed by atoms with Crippen LogP contribution in [0.15, 0.2) is 41.6 Å². The Balaban J connectivity index is 2.14. The fourth-order valence-corrected chi connectivity index (χ4v) is 4.15. The summed E-state index contributed by atoms with van der Waals surface area (Å²) >= 11 is 0. The molecule has 1 aromatic heterocycles. The topological polar surface area (TPSA) is 90.5 Å². The van der Waals surface area contributed by atoms with Crippen LogP contribution in [0.5, 0.6) is 0 Å². The Labute approximate surface area is 122 Å². The third kappa shape index (κ3) is 2.19. The van der Waals surface area contributed by atoms with E-state index in [4.69, 9.17) is 0 Å². The molecular weight excluding hydrogens is 292 g/mol. The summed E-state index contributed by atoms with van der Waals surface area (Å²) in [7, 11) is -3.67. The molecule has 110 valence electrons. The summed E-state index contributed by atoms with van der Waals surface area (Å²) < 4.78 is 26.6. The SMILES string of the molecule is O=C(O)c1cccc2c1CCCN2S(=O)(=O)c1cc[nH]c1. The van der Waals surface area contributed by atoms with Crippen LogP contribution in [0.4, 0.5) is 5.69 Å². The zero-order valence-electron chi connectivity index (χ0n) is 11.1. The first kappa shape index (κ1) is 13.7. The molecule has 3 rings (SSSR count). The number of carboxylic acids is 1. The second-order valence-electron chi connectivity index (χ2n) is 4.84. The van der Waals surface area contributed by atoms with Crippen LogP contribution < -0.4 is 4.31 Å². The highest BCUT2D eigenvalue weighted by molar-refractivity contribution is 7.92. The monoisotopic (exact) mass is 306 g/mol. The summed E-state index contributed by atoms with van der Waals surface area (Å²) in [6.45, 7) is 0.351. The van der Waals surface area contributed by atoms with Crippen molar-refractivity contribution in [3.05, 3.63) is 47.8 Å². The maximum atomic E-state index is 12.7. The van der Waals surface area contributed by atoms with Crippen LogP contribution in [0.3, 0.4) is 0 Å². The average molecular weight is 306 g/mol. The number of anilines is 1. The van der Waals surface area contributed by atoms with Gasteiger partial charge in [0.05, 0.1) is 11.3 Å². The third-order valence-corrected chi connectivity index (χ3v) is 5.40. The fourth-order valence-electron chi connectivity index (χ4n) is 2.64. The van der Waals surface area contributed by atoms with Crippen LogP contribution in [0.2, 0.25) is 0 Å². The van der Waals surface area contributed by atoms with Gasteiger partial charge in [-0.05, 0) is 36.6 Å². The number of fused-ring (bicyclic) bond motifs is 1. The Morgan fingerprint density at radius 2 is 2.10 bits per heavy atom. The first-order chi connectivity index (χ1) is 10.0. The van der Waals surface area contributed by atoms with Crippen LogP contribution in [-0.2, 0) is 16.4 Å². The van der Waals surface area contributed by atoms with Crippen LogP contribution in [-0.4, -0.2) is 31.0 Å². The van der Waals surface area contributed by atoms with E-state index in [0.29, 0.717) is 30.6 Å². The standard InChI is InChI=1S/C14H14N2O4S/c17-14(18)12-3-1-5-13-11(12)4-2-8-16(13)21(19,20)10-6-7-15-9-10/h1,3,5-7,9,15H,2,4,8H2,(H,17,18). The highest BCUT2D eigenvalue weighted by Gasteiger charge is 2.31. The molecule has 1 aromatic carbocycles. The van der Waals surface area contributed by atoms with E-state index >= 15 is 0 Å². The number of aromatic nitrogens is 1. The molecule has 0 fully saturated rings. The van der Waals surface area contributed by atoms with Crippen molar-refractivity contribution in [2.45, 2.75) is 17.7 Å². The number of aromatic carboxylic acids is 1. The minimum atomic E-state index is -3.67. The van der Waals surface area contributed by atoms with Gasteiger partial charge in [0, 0.05) is 18.9 Å². The molecule has 2 N–H and O–H groups in total. The number of benzene rings is 1. The average Bonchev–Trinajstić information content (AvgIpc) is 3.00. The summed E-state index contributed by atoms with van der Waals surface area (Å²) in [6.07, 6.45) is 4.13. The van der Waals surface area contributed by atoms with Gasteiger partial charge in [-0.25, -0.2) is 13.2 Å². The van der Waals surface area contributed by atoms with Gasteiger partial charge in [0.2, 0.25) is 0 Å². The van der Waals surface area contributed by atoms with Gasteiger partial charge in [0.15, 0.2) is 0 Å². The van der Waals surface area contributed by atoms with Gasteiger partial charge in [-0.15, -0.1) is 0 Å². The number of H-pyrrole nitrogens is 1. The van der Waals surface area contributed by atoms with E-state index in [-0.39, 0.29) is 10.5 Å². The van der Waals surface area contributed by atoms with Gasteiger partial charge in [-0.1, -0.05) is 6.07 Å². The lowest BCUT2D eigenvalue weighted by Gasteiger charge is -2.30. The van der Waals surface area contributed by atoms with E-state index < -0.39 is 16.0 Å². The molecule has 0 unspecified atom stereocenters. The molecule has 0 atom stereocenters. The van der Waals surface area contributed by atoms with Crippen molar-refractivity contribution in [3.8, 4) is 0 Å². The Kier molecular flexibility index (Phi) is 3.21. The number of hydrogen-bond donors (Lipinski definition) is 2. The second-order valence-corrected chi connectivity index (χ2v) is 6.70. The van der Waals surface area contributed by atoms with Crippen molar-refractivity contribution in [2.24, 2.45) is 0 Å². The number of nitrogens with zero attached hydrogens (tertiary/aromatic N) is 1. The van der Waals surface area contributed by atoms with E-state index in [9.17, 15) is 18.3 Å². The molecule has 0 bridgehead atoms. The number of carbonyl (C=O) groups is 1. The number of nitrogens with one attached hydrogen (secondary N) is 1. The number of sulfonamides is 1. The second kappa shape index (κ2) is 4.92. The molecule has 0 spiro atoms. The van der Waals surface area contributed by atoms with E-state index in [1.807, 2.05) is 0 Å². The van der Waals surface area contributed by atoms with Crippen molar-refractivity contribution in [1.29, 1.82) is 0 Å². The van der Waals surface area contributed by atoms with E-state index in [1.54, 1.807) is 18.3 Å². The quantitative estimate of drug-likeness (QED) is 0.905. The van der Waals surface area contributed by atoms with Crippen molar-refractivity contribution in [1.82, 2.24) is 4.98 Å². The Bertz CT molecular complexity index is 781. The number of carboxylic acid groups (broad SMARTS) is 1. The van der Waals surface area contributed by atoms with E-state index in [0.717, 1.165) is 0 Å². The maximum absolute atomic E-state index is 12.7. The fraction of sp³-hybridized carbons (Fsp3) is 0.214. The highest BCUT2D eigenvalue weighted by Crippen LogP contribution is 2.33. The molecule has 0 saturated carbocycles. The van der Waals surface area contributed by atoms with Gasteiger partial charge in [0.25, 0.3) is 10.0 Å². The molecule has 1 aliphatic rings. The molecular formula is C14H14N2O4S. The number of hydrogen-bond acceptors (Lipinski definition) is 3. The molecule has 2 heterocycles. The smallest absolute Gasteiger partial charge is 0.336 e. The Morgan fingerprint density at radius 1 is 1.29 bits per heavy atom. The highest BCUT2D eigenvalue weighted by atomic mass is 32.2. The van der Waals surface area contributed by atoms with Gasteiger partial charge in [-0.2, -0.15) is 0 Å². The minimum absolute atomic E-state index is 0.168. The van der Waals surface area contributed by atoms with Gasteiger partial charge < -0.3 is 10.1 Å². The largest absolute Gasteiger partial charge is 0.478 e. The lowest BCUT2D eigenvalue weighted by atomic mass is 9.98. The van der Waals surface area contributed by atoms with Gasteiger partial charge >= 0.3 is 5.97 Å². The molecule has 7 heteroatoms. The van der Waals surface area contributed by atoms with Gasteiger partial charge in [0.1, 0.15) is 4.90 Å². The predicted octanol–water partition coefficient (Wildman–Crippen LogP) is 1.85. The molecule has 0 aliphatic carbocycles. The molecule has 21 heavy (non-hydrogen) atoms. The molecule has 1 aliphatic heterocycles. The first-order valence-electron chi connectivity index (χ1n) is 6.52. The lowest BCUT2D eigenvalue weighted by Crippen LogP contribution is -2.35. The maximum Gasteiger partial charge on any atom is 0.336 e. The summed E-state index contributed by atoms with van der Waals surface area (Å²) in [5, 5.41) is 9.24. The molecule has 0 saturated heterocycles. The number of aromatic amines is 1. The Morgan fingerprint density at radius 3 is 2.76 bits per heavy atom. The molecule has 0 amide bonds. The molecule has 6 nitrogen and oxygen atoms in total. The van der Waals surface area contributed by atoms with Crippen LogP contribution in [0, 0.1) is 0 Å². The van der Waals surface area contributed by atoms with Gasteiger partial charge in [-0.3, -0.25) is 4.31 Å². The summed E-state index contributed by atoms with van der Waals surface area (Å²) in [4.78, 5) is 14.2. The first-order valence-corrected chi connectivity index (χ1v) is 7.96. The zero-order chi connectivity index (χ0) is 15.0. The lowest BCUT2D eigenvalue weighted by molar-refractivity contribution is 0.0695. The van der Waals surface area contributed by atoms with Crippen LogP contribution in [0.25, 0.3) is 0 Å². The van der Waals surface area contributed by atoms with E-state index in [2.05, 4.69) is 4.98 Å². The van der Waals surface area contributed by atoms with Crippen LogP contribution in [0.1, 0.15) is 22.3 Å². The molecule has 0 radical (unpaired) electrons. The predicted molar refractivity (Wildman–Crippen MR) is 77.0 cm³/mol. The molecule has 2 aromatic rings. The Hall–Kier alpha value is -2.28. The number of rotatable bonds is 3. The third-order valence-electron chi connectivity index (χ3n) is 3.60. The van der Waals surface area contributed by atoms with Crippen LogP contribution >= 0.6 is 0 Å². The summed E-state index contributed by atoms with van der Waals surface area (Å²) in [5.74, 6) is -1.03. The van der Waals surface area contributed by atoms with E-state index in [1.165, 1.54) is 22.6 Å². The van der Waals surface area contributed by atoms with Crippen molar-refractivity contribution < 1.29 is 18.3 Å². The summed E-state index contributed by atoms with van der Waals surface area (Å²) in [5.41, 5.74) is 1.21.